The van der Waals surface area contributed by atoms with E-state index in [0.717, 1.165) is 16.3 Å². The molecule has 1 aromatic carbocycles. The van der Waals surface area contributed by atoms with Crippen molar-refractivity contribution in [1.29, 1.82) is 0 Å². The lowest BCUT2D eigenvalue weighted by molar-refractivity contribution is 0.0981. The maximum Gasteiger partial charge on any atom is 0.316 e. The molecular formula is C17H12N6O2S. The van der Waals surface area contributed by atoms with Crippen molar-refractivity contribution in [3.05, 3.63) is 59.1 Å². The van der Waals surface area contributed by atoms with E-state index in [1.165, 1.54) is 18.6 Å². The van der Waals surface area contributed by atoms with E-state index in [4.69, 9.17) is 4.52 Å². The average Bonchev–Trinajstić information content (AvgIpc) is 3.32. The summed E-state index contributed by atoms with van der Waals surface area (Å²) in [6, 6.07) is 7.40. The van der Waals surface area contributed by atoms with Crippen LogP contribution in [-0.4, -0.2) is 31.0 Å². The zero-order valence-corrected chi connectivity index (χ0v) is 14.4. The third kappa shape index (κ3) is 3.33. The summed E-state index contributed by atoms with van der Waals surface area (Å²) in [6.07, 6.45) is 4.54. The normalized spacial score (nSPS) is 10.7. The fraction of sp³-hybridized carbons (Fsp3) is 0.0588. The van der Waals surface area contributed by atoms with E-state index in [1.54, 1.807) is 17.4 Å². The van der Waals surface area contributed by atoms with E-state index in [9.17, 15) is 4.79 Å². The Balaban J connectivity index is 1.53. The van der Waals surface area contributed by atoms with E-state index in [1.807, 2.05) is 30.5 Å². The molecule has 1 N–H and O–H groups in total. The molecule has 3 heterocycles. The van der Waals surface area contributed by atoms with Gasteiger partial charge in [-0.2, -0.15) is 4.98 Å². The SMILES string of the molecule is Cc1nc(-c2cccc(NC(=O)c3nc(-c4cnccn4)no3)c2)cs1. The minimum Gasteiger partial charge on any atom is -0.328 e. The highest BCUT2D eigenvalue weighted by Gasteiger charge is 2.17. The Bertz CT molecular complexity index is 1060. The Morgan fingerprint density at radius 2 is 2.12 bits per heavy atom. The van der Waals surface area contributed by atoms with Gasteiger partial charge in [0.05, 0.1) is 16.9 Å². The van der Waals surface area contributed by atoms with Gasteiger partial charge in [0, 0.05) is 29.0 Å². The molecule has 0 aliphatic rings. The predicted molar refractivity (Wildman–Crippen MR) is 95.6 cm³/mol. The van der Waals surface area contributed by atoms with Crippen LogP contribution in [0, 0.1) is 6.92 Å². The molecule has 1 amide bonds. The molecular weight excluding hydrogens is 352 g/mol. The second-order valence-corrected chi connectivity index (χ2v) is 6.36. The second-order valence-electron chi connectivity index (χ2n) is 5.30. The average molecular weight is 364 g/mol. The van der Waals surface area contributed by atoms with E-state index in [2.05, 4.69) is 30.4 Å². The maximum absolute atomic E-state index is 12.4. The molecule has 0 radical (unpaired) electrons. The molecule has 0 saturated heterocycles. The van der Waals surface area contributed by atoms with Crippen molar-refractivity contribution < 1.29 is 9.32 Å². The van der Waals surface area contributed by atoms with Gasteiger partial charge in [-0.1, -0.05) is 17.3 Å². The molecule has 0 unspecified atom stereocenters. The molecule has 9 heteroatoms. The third-order valence-corrected chi connectivity index (χ3v) is 4.22. The summed E-state index contributed by atoms with van der Waals surface area (Å²) in [6.45, 7) is 1.95. The van der Waals surface area contributed by atoms with Crippen LogP contribution in [-0.2, 0) is 0 Å². The quantitative estimate of drug-likeness (QED) is 0.592. The number of anilines is 1. The van der Waals surface area contributed by atoms with Crippen LogP contribution in [0.1, 0.15) is 15.7 Å². The first-order valence-electron chi connectivity index (χ1n) is 7.63. The van der Waals surface area contributed by atoms with Gasteiger partial charge in [-0.05, 0) is 19.1 Å². The van der Waals surface area contributed by atoms with Gasteiger partial charge in [-0.15, -0.1) is 11.3 Å². The maximum atomic E-state index is 12.4. The van der Waals surface area contributed by atoms with Crippen LogP contribution >= 0.6 is 11.3 Å². The summed E-state index contributed by atoms with van der Waals surface area (Å²) in [5.74, 6) is -0.449. The van der Waals surface area contributed by atoms with Crippen LogP contribution in [0.4, 0.5) is 5.69 Å². The van der Waals surface area contributed by atoms with Crippen LogP contribution in [0.5, 0.6) is 0 Å². The Morgan fingerprint density at radius 1 is 1.19 bits per heavy atom. The van der Waals surface area contributed by atoms with Gasteiger partial charge < -0.3 is 9.84 Å². The molecule has 26 heavy (non-hydrogen) atoms. The molecule has 0 spiro atoms. The molecule has 128 valence electrons. The van der Waals surface area contributed by atoms with Gasteiger partial charge in [0.25, 0.3) is 0 Å². The number of nitrogens with one attached hydrogen (secondary N) is 1. The Labute approximate surface area is 152 Å². The first-order valence-corrected chi connectivity index (χ1v) is 8.51. The number of rotatable bonds is 4. The van der Waals surface area contributed by atoms with Gasteiger partial charge >= 0.3 is 11.8 Å². The van der Waals surface area contributed by atoms with Crippen molar-refractivity contribution in [2.24, 2.45) is 0 Å². The molecule has 0 aliphatic carbocycles. The summed E-state index contributed by atoms with van der Waals surface area (Å²) < 4.78 is 5.02. The monoisotopic (exact) mass is 364 g/mol. The van der Waals surface area contributed by atoms with Crippen LogP contribution < -0.4 is 5.32 Å². The lowest BCUT2D eigenvalue weighted by Gasteiger charge is -2.04. The van der Waals surface area contributed by atoms with Crippen molar-refractivity contribution in [2.45, 2.75) is 6.92 Å². The van der Waals surface area contributed by atoms with Crippen molar-refractivity contribution in [3.63, 3.8) is 0 Å². The molecule has 0 aliphatic heterocycles. The highest BCUT2D eigenvalue weighted by atomic mass is 32.1. The number of nitrogens with zero attached hydrogens (tertiary/aromatic N) is 5. The second kappa shape index (κ2) is 6.81. The molecule has 4 rings (SSSR count). The Morgan fingerprint density at radius 3 is 2.88 bits per heavy atom. The highest BCUT2D eigenvalue weighted by Crippen LogP contribution is 2.24. The molecule has 3 aromatic heterocycles. The van der Waals surface area contributed by atoms with Crippen molar-refractivity contribution in [2.75, 3.05) is 5.32 Å². The first-order chi connectivity index (χ1) is 12.7. The molecule has 0 atom stereocenters. The first kappa shape index (κ1) is 16.0. The van der Waals surface area contributed by atoms with E-state index < -0.39 is 5.91 Å². The number of carbonyl (C=O) groups excluding carboxylic acids is 1. The van der Waals surface area contributed by atoms with Gasteiger partial charge in [0.2, 0.25) is 5.82 Å². The minimum atomic E-state index is -0.501. The fourth-order valence-electron chi connectivity index (χ4n) is 2.27. The zero-order chi connectivity index (χ0) is 17.9. The van der Waals surface area contributed by atoms with E-state index in [-0.39, 0.29) is 11.7 Å². The number of amides is 1. The van der Waals surface area contributed by atoms with Gasteiger partial charge in [0.15, 0.2) is 0 Å². The number of benzene rings is 1. The molecule has 4 aromatic rings. The lowest BCUT2D eigenvalue weighted by Crippen LogP contribution is -2.12. The molecule has 8 nitrogen and oxygen atoms in total. The number of aryl methyl sites for hydroxylation is 1. The lowest BCUT2D eigenvalue weighted by atomic mass is 10.1. The minimum absolute atomic E-state index is 0.152. The van der Waals surface area contributed by atoms with Crippen LogP contribution in [0.25, 0.3) is 22.8 Å². The van der Waals surface area contributed by atoms with Gasteiger partial charge in [-0.3, -0.25) is 9.78 Å². The topological polar surface area (TPSA) is 107 Å². The summed E-state index contributed by atoms with van der Waals surface area (Å²) in [5, 5.41) is 9.46. The number of carbonyl (C=O) groups is 1. The zero-order valence-electron chi connectivity index (χ0n) is 13.6. The largest absolute Gasteiger partial charge is 0.328 e. The number of aromatic nitrogens is 5. The summed E-state index contributed by atoms with van der Waals surface area (Å²) in [4.78, 5) is 28.9. The molecule has 0 bridgehead atoms. The molecule has 0 fully saturated rings. The summed E-state index contributed by atoms with van der Waals surface area (Å²) in [5.41, 5.74) is 2.82. The number of hydrogen-bond donors (Lipinski definition) is 1. The highest BCUT2D eigenvalue weighted by molar-refractivity contribution is 7.09. The third-order valence-electron chi connectivity index (χ3n) is 3.45. The van der Waals surface area contributed by atoms with Gasteiger partial charge in [0.1, 0.15) is 5.69 Å². The van der Waals surface area contributed by atoms with E-state index in [0.29, 0.717) is 11.4 Å². The molecule has 0 saturated carbocycles. The van der Waals surface area contributed by atoms with Crippen molar-refractivity contribution in [1.82, 2.24) is 25.1 Å². The predicted octanol–water partition coefficient (Wildman–Crippen LogP) is 3.21. The van der Waals surface area contributed by atoms with Crippen LogP contribution in [0.15, 0.2) is 52.8 Å². The van der Waals surface area contributed by atoms with E-state index >= 15 is 0 Å². The Hall–Kier alpha value is -3.46. The van der Waals surface area contributed by atoms with Crippen molar-refractivity contribution in [3.8, 4) is 22.8 Å². The Kier molecular flexibility index (Phi) is 4.20. The standard InChI is InChI=1S/C17H12N6O2S/c1-10-20-14(9-26-10)11-3-2-4-12(7-11)21-16(24)17-22-15(23-25-17)13-8-18-5-6-19-13/h2-9H,1H3,(H,21,24). The van der Waals surface area contributed by atoms with Gasteiger partial charge in [-0.25, -0.2) is 9.97 Å². The fourth-order valence-corrected chi connectivity index (χ4v) is 2.89. The van der Waals surface area contributed by atoms with Crippen LogP contribution in [0.2, 0.25) is 0 Å². The smallest absolute Gasteiger partial charge is 0.316 e. The van der Waals surface area contributed by atoms with Crippen LogP contribution in [0.3, 0.4) is 0 Å². The summed E-state index contributed by atoms with van der Waals surface area (Å²) >= 11 is 1.57. The summed E-state index contributed by atoms with van der Waals surface area (Å²) in [7, 11) is 0. The number of thiazole rings is 1. The number of hydrogen-bond acceptors (Lipinski definition) is 8. The van der Waals surface area contributed by atoms with Crippen molar-refractivity contribution >= 4 is 22.9 Å².